The topological polar surface area (TPSA) is 38.7 Å². The summed E-state index contributed by atoms with van der Waals surface area (Å²) >= 11 is 0. The Morgan fingerprint density at radius 1 is 0.294 bits per heavy atom. The van der Waals surface area contributed by atoms with E-state index in [2.05, 4.69) is 178 Å². The van der Waals surface area contributed by atoms with E-state index in [4.69, 9.17) is 15.0 Å². The molecular weight excluding hydrogens is 619 g/mol. The summed E-state index contributed by atoms with van der Waals surface area (Å²) in [5, 5.41) is 0. The molecule has 1 heterocycles. The second kappa shape index (κ2) is 12.5. The molecule has 0 saturated carbocycles. The van der Waals surface area contributed by atoms with E-state index in [-0.39, 0.29) is 5.41 Å². The van der Waals surface area contributed by atoms with Crippen LogP contribution in [0, 0.1) is 0 Å². The molecular formula is C48H35N3. The minimum Gasteiger partial charge on any atom is -0.208 e. The number of nitrogens with zero attached hydrogens (tertiary/aromatic N) is 3. The molecule has 242 valence electrons. The molecule has 0 spiro atoms. The van der Waals surface area contributed by atoms with Crippen LogP contribution in [0.5, 0.6) is 0 Å². The van der Waals surface area contributed by atoms with Gasteiger partial charge in [-0.2, -0.15) is 0 Å². The Hall–Kier alpha value is -6.45. The summed E-state index contributed by atoms with van der Waals surface area (Å²) < 4.78 is 0. The zero-order valence-corrected chi connectivity index (χ0v) is 28.6. The molecule has 1 aliphatic rings. The van der Waals surface area contributed by atoms with Gasteiger partial charge in [0.25, 0.3) is 0 Å². The van der Waals surface area contributed by atoms with Crippen LogP contribution in [0.1, 0.15) is 25.0 Å². The smallest absolute Gasteiger partial charge is 0.164 e. The van der Waals surface area contributed by atoms with Crippen molar-refractivity contribution in [3.05, 3.63) is 187 Å². The first-order chi connectivity index (χ1) is 25.1. The van der Waals surface area contributed by atoms with Gasteiger partial charge in [0.1, 0.15) is 0 Å². The molecule has 51 heavy (non-hydrogen) atoms. The average Bonchev–Trinajstić information content (AvgIpc) is 3.44. The second-order valence-corrected chi connectivity index (χ2v) is 13.6. The number of hydrogen-bond donors (Lipinski definition) is 0. The molecule has 0 aliphatic heterocycles. The van der Waals surface area contributed by atoms with Crippen LogP contribution < -0.4 is 0 Å². The zero-order chi connectivity index (χ0) is 34.4. The van der Waals surface area contributed by atoms with Gasteiger partial charge < -0.3 is 0 Å². The Labute approximate surface area is 299 Å². The fourth-order valence-corrected chi connectivity index (χ4v) is 7.73. The van der Waals surface area contributed by atoms with Gasteiger partial charge in [0.05, 0.1) is 0 Å². The monoisotopic (exact) mass is 653 g/mol. The van der Waals surface area contributed by atoms with Crippen molar-refractivity contribution >= 4 is 0 Å². The molecule has 0 fully saturated rings. The van der Waals surface area contributed by atoms with Gasteiger partial charge in [-0.3, -0.25) is 0 Å². The molecule has 9 rings (SSSR count). The van der Waals surface area contributed by atoms with Crippen molar-refractivity contribution in [2.45, 2.75) is 19.3 Å². The summed E-state index contributed by atoms with van der Waals surface area (Å²) in [5.41, 5.74) is 15.0. The van der Waals surface area contributed by atoms with Crippen LogP contribution in [0.15, 0.2) is 176 Å². The summed E-state index contributed by atoms with van der Waals surface area (Å²) in [7, 11) is 0. The Kier molecular flexibility index (Phi) is 7.48. The summed E-state index contributed by atoms with van der Waals surface area (Å²) in [5.74, 6) is 1.92. The van der Waals surface area contributed by atoms with Crippen molar-refractivity contribution in [3.8, 4) is 78.7 Å². The molecule has 0 unspecified atom stereocenters. The van der Waals surface area contributed by atoms with Gasteiger partial charge in [-0.25, -0.2) is 15.0 Å². The molecule has 3 heteroatoms. The highest BCUT2D eigenvalue weighted by Gasteiger charge is 2.37. The highest BCUT2D eigenvalue weighted by Crippen LogP contribution is 2.52. The second-order valence-electron chi connectivity index (χ2n) is 13.6. The van der Waals surface area contributed by atoms with E-state index in [0.29, 0.717) is 17.5 Å². The van der Waals surface area contributed by atoms with Crippen molar-refractivity contribution < 1.29 is 0 Å². The highest BCUT2D eigenvalue weighted by molar-refractivity contribution is 5.89. The van der Waals surface area contributed by atoms with Crippen molar-refractivity contribution in [3.63, 3.8) is 0 Å². The largest absolute Gasteiger partial charge is 0.208 e. The fraction of sp³-hybridized carbons (Fsp3) is 0.0625. The maximum atomic E-state index is 5.19. The Morgan fingerprint density at radius 2 is 0.686 bits per heavy atom. The lowest BCUT2D eigenvalue weighted by Gasteiger charge is -2.24. The number of benzene rings is 7. The van der Waals surface area contributed by atoms with E-state index in [9.17, 15) is 0 Å². The van der Waals surface area contributed by atoms with E-state index in [1.807, 2.05) is 12.1 Å². The van der Waals surface area contributed by atoms with Crippen LogP contribution in [0.25, 0.3) is 78.7 Å². The summed E-state index contributed by atoms with van der Waals surface area (Å²) in [4.78, 5) is 15.5. The van der Waals surface area contributed by atoms with Gasteiger partial charge in [-0.1, -0.05) is 190 Å². The van der Waals surface area contributed by atoms with Crippen LogP contribution in [0.4, 0.5) is 0 Å². The lowest BCUT2D eigenvalue weighted by atomic mass is 9.79. The summed E-state index contributed by atoms with van der Waals surface area (Å²) in [6.07, 6.45) is 0. The number of rotatable bonds is 6. The molecule has 3 nitrogen and oxygen atoms in total. The minimum absolute atomic E-state index is 0.0997. The maximum Gasteiger partial charge on any atom is 0.164 e. The third-order valence-corrected chi connectivity index (χ3v) is 10.2. The molecule has 0 radical (unpaired) electrons. The molecule has 0 amide bonds. The minimum atomic E-state index is -0.0997. The van der Waals surface area contributed by atoms with Gasteiger partial charge in [0, 0.05) is 22.1 Å². The zero-order valence-electron chi connectivity index (χ0n) is 28.6. The molecule has 0 atom stereocenters. The first-order valence-corrected chi connectivity index (χ1v) is 17.5. The number of hydrogen-bond acceptors (Lipinski definition) is 3. The number of fused-ring (bicyclic) bond motifs is 3. The first-order valence-electron chi connectivity index (χ1n) is 17.5. The third kappa shape index (κ3) is 5.35. The number of aromatic nitrogens is 3. The summed E-state index contributed by atoms with van der Waals surface area (Å²) in [6.45, 7) is 4.67. The standard InChI is InChI=1S/C48H35N3/c1-48(2)43-27-14-13-22-39(43)40-26-15-25-38(44(40)48)34-28-30-35(31-29-34)45-49-46(41-23-11-9-20-36(41)32-16-5-3-6-17-32)51-47(50-45)42-24-12-10-21-37(42)33-18-7-4-8-19-33/h3-31H,1-2H3. The van der Waals surface area contributed by atoms with Gasteiger partial charge >= 0.3 is 0 Å². The Balaban J connectivity index is 1.20. The van der Waals surface area contributed by atoms with Gasteiger partial charge in [-0.05, 0) is 55.6 Å². The van der Waals surface area contributed by atoms with E-state index in [0.717, 1.165) is 38.9 Å². The van der Waals surface area contributed by atoms with Crippen LogP contribution in [-0.4, -0.2) is 15.0 Å². The SMILES string of the molecule is CC1(C)c2ccccc2-c2cccc(-c3ccc(-c4nc(-c5ccccc5-c5ccccc5)nc(-c5ccccc5-c5ccccc5)n4)cc3)c21. The van der Waals surface area contributed by atoms with Crippen molar-refractivity contribution in [2.75, 3.05) is 0 Å². The van der Waals surface area contributed by atoms with Crippen LogP contribution in [0.2, 0.25) is 0 Å². The van der Waals surface area contributed by atoms with Crippen LogP contribution >= 0.6 is 0 Å². The first kappa shape index (κ1) is 30.6. The molecule has 0 N–H and O–H groups in total. The third-order valence-electron chi connectivity index (χ3n) is 10.2. The van der Waals surface area contributed by atoms with Crippen molar-refractivity contribution in [2.24, 2.45) is 0 Å². The Morgan fingerprint density at radius 3 is 1.25 bits per heavy atom. The van der Waals surface area contributed by atoms with Crippen LogP contribution in [-0.2, 0) is 5.41 Å². The van der Waals surface area contributed by atoms with E-state index < -0.39 is 0 Å². The van der Waals surface area contributed by atoms with Crippen molar-refractivity contribution in [1.29, 1.82) is 0 Å². The van der Waals surface area contributed by atoms with E-state index in [1.54, 1.807) is 0 Å². The average molecular weight is 654 g/mol. The van der Waals surface area contributed by atoms with E-state index in [1.165, 1.54) is 33.4 Å². The van der Waals surface area contributed by atoms with E-state index >= 15 is 0 Å². The normalized spacial score (nSPS) is 12.7. The van der Waals surface area contributed by atoms with Crippen LogP contribution in [0.3, 0.4) is 0 Å². The molecule has 7 aromatic carbocycles. The van der Waals surface area contributed by atoms with Gasteiger partial charge in [0.2, 0.25) is 0 Å². The molecule has 8 aromatic rings. The molecule has 0 saturated heterocycles. The van der Waals surface area contributed by atoms with Gasteiger partial charge in [0.15, 0.2) is 17.5 Å². The predicted octanol–water partition coefficient (Wildman–Crippen LogP) is 12.2. The lowest BCUT2D eigenvalue weighted by molar-refractivity contribution is 0.662. The summed E-state index contributed by atoms with van der Waals surface area (Å²) in [6, 6.07) is 61.8. The Bertz CT molecular complexity index is 2430. The highest BCUT2D eigenvalue weighted by atomic mass is 15.0. The molecule has 0 bridgehead atoms. The fourth-order valence-electron chi connectivity index (χ4n) is 7.73. The molecule has 1 aliphatic carbocycles. The molecule has 1 aromatic heterocycles. The van der Waals surface area contributed by atoms with Crippen molar-refractivity contribution in [1.82, 2.24) is 15.0 Å². The predicted molar refractivity (Wildman–Crippen MR) is 210 cm³/mol. The maximum absolute atomic E-state index is 5.19. The quantitative estimate of drug-likeness (QED) is 0.179. The lowest BCUT2D eigenvalue weighted by Crippen LogP contribution is -2.16. The van der Waals surface area contributed by atoms with Gasteiger partial charge in [-0.15, -0.1) is 0 Å².